The molecule has 1 saturated heterocycles. The van der Waals surface area contributed by atoms with Crippen molar-refractivity contribution in [1.29, 1.82) is 0 Å². The summed E-state index contributed by atoms with van der Waals surface area (Å²) in [7, 11) is 0. The number of hydrogen-bond acceptors (Lipinski definition) is 3. The Kier molecular flexibility index (Phi) is 5.76. The first-order valence-electron chi connectivity index (χ1n) is 11.5. The fraction of sp³-hybridized carbons (Fsp3) is 0.222. The summed E-state index contributed by atoms with van der Waals surface area (Å²) < 4.78 is 2.26. The molecule has 5 rings (SSSR count). The lowest BCUT2D eigenvalue weighted by atomic mass is 10.1. The van der Waals surface area contributed by atoms with Crippen LogP contribution in [0, 0.1) is 0 Å². The number of para-hydroxylation sites is 1. The molecule has 2 heterocycles. The number of nitrogens with zero attached hydrogens (tertiary/aromatic N) is 2. The van der Waals surface area contributed by atoms with E-state index in [1.165, 1.54) is 10.4 Å². The van der Waals surface area contributed by atoms with E-state index in [0.29, 0.717) is 5.69 Å². The van der Waals surface area contributed by atoms with Gasteiger partial charge in [-0.05, 0) is 43.2 Å². The van der Waals surface area contributed by atoms with Gasteiger partial charge >= 0.3 is 6.03 Å². The summed E-state index contributed by atoms with van der Waals surface area (Å²) >= 11 is 0. The summed E-state index contributed by atoms with van der Waals surface area (Å²) in [5, 5.41) is 7.88. The molecule has 2 N–H and O–H groups in total. The number of urea groups is 1. The number of aromatic nitrogens is 1. The normalized spacial score (nSPS) is 15.8. The van der Waals surface area contributed by atoms with Crippen molar-refractivity contribution in [3.63, 3.8) is 0 Å². The monoisotopic (exact) mass is 454 g/mol. The molecular formula is C27H26N4O3. The van der Waals surface area contributed by atoms with Gasteiger partial charge in [-0.15, -0.1) is 0 Å². The molecule has 34 heavy (non-hydrogen) atoms. The minimum absolute atomic E-state index is 0.130. The Balaban J connectivity index is 1.24. The quantitative estimate of drug-likeness (QED) is 0.399. The van der Waals surface area contributed by atoms with Crippen molar-refractivity contribution in [3.8, 4) is 0 Å². The summed E-state index contributed by atoms with van der Waals surface area (Å²) in [6, 6.07) is 22.4. The molecule has 1 aromatic heterocycles. The number of hydrogen-bond donors (Lipinski definition) is 2. The number of imide groups is 1. The topological polar surface area (TPSA) is 83.4 Å². The summed E-state index contributed by atoms with van der Waals surface area (Å²) in [5.74, 6) is -0.488. The van der Waals surface area contributed by atoms with E-state index in [1.54, 1.807) is 0 Å². The average molecular weight is 455 g/mol. The number of benzene rings is 3. The maximum absolute atomic E-state index is 12.7. The Morgan fingerprint density at radius 2 is 1.68 bits per heavy atom. The highest BCUT2D eigenvalue weighted by Crippen LogP contribution is 2.31. The lowest BCUT2D eigenvalue weighted by molar-refractivity contribution is -0.128. The van der Waals surface area contributed by atoms with Crippen molar-refractivity contribution >= 4 is 45.3 Å². The zero-order valence-electron chi connectivity index (χ0n) is 19.0. The number of amides is 4. The van der Waals surface area contributed by atoms with Crippen molar-refractivity contribution in [2.45, 2.75) is 38.9 Å². The van der Waals surface area contributed by atoms with Crippen molar-refractivity contribution in [2.75, 3.05) is 5.32 Å². The third-order valence-electron chi connectivity index (χ3n) is 6.32. The average Bonchev–Trinajstić information content (AvgIpc) is 3.31. The molecular weight excluding hydrogens is 428 g/mol. The zero-order valence-corrected chi connectivity index (χ0v) is 19.0. The first-order valence-corrected chi connectivity index (χ1v) is 11.5. The third kappa shape index (κ3) is 4.01. The molecule has 1 aliphatic heterocycles. The Labute approximate surface area is 197 Å². The van der Waals surface area contributed by atoms with Gasteiger partial charge in [-0.25, -0.2) is 4.79 Å². The van der Waals surface area contributed by atoms with Gasteiger partial charge in [0.1, 0.15) is 6.04 Å². The van der Waals surface area contributed by atoms with Crippen LogP contribution in [0.3, 0.4) is 0 Å². The Bertz CT molecular complexity index is 1390. The predicted octanol–water partition coefficient (Wildman–Crippen LogP) is 4.65. The number of fused-ring (bicyclic) bond motifs is 3. The largest absolute Gasteiger partial charge is 0.341 e. The van der Waals surface area contributed by atoms with Crippen LogP contribution >= 0.6 is 0 Å². The standard InChI is InChI=1S/C27H26N4O3/c1-2-30-23-11-7-6-10-20(23)21-16-19(12-14-24(21)30)28-25(32)15-13-22-26(33)31(27(34)29-22)17-18-8-4-3-5-9-18/h3-12,14,16,22H,2,13,15,17H2,1H3,(H,28,32)(H,29,34)/t22-/m0/s1. The lowest BCUT2D eigenvalue weighted by Crippen LogP contribution is -2.31. The maximum atomic E-state index is 12.7. The fourth-order valence-corrected chi connectivity index (χ4v) is 4.66. The van der Waals surface area contributed by atoms with Crippen LogP contribution in [-0.2, 0) is 22.7 Å². The summed E-state index contributed by atoms with van der Waals surface area (Å²) in [5.41, 5.74) is 3.88. The molecule has 0 unspecified atom stereocenters. The van der Waals surface area contributed by atoms with E-state index in [4.69, 9.17) is 0 Å². The summed E-state index contributed by atoms with van der Waals surface area (Å²) in [6.45, 7) is 3.20. The van der Waals surface area contributed by atoms with Gasteiger partial charge in [0.15, 0.2) is 0 Å². The Morgan fingerprint density at radius 3 is 2.47 bits per heavy atom. The second-order valence-electron chi connectivity index (χ2n) is 8.49. The van der Waals surface area contributed by atoms with Crippen LogP contribution < -0.4 is 10.6 Å². The van der Waals surface area contributed by atoms with Crippen LogP contribution in [0.15, 0.2) is 72.8 Å². The van der Waals surface area contributed by atoms with Gasteiger partial charge in [0, 0.05) is 40.5 Å². The van der Waals surface area contributed by atoms with Gasteiger partial charge in [-0.3, -0.25) is 14.5 Å². The molecule has 0 bridgehead atoms. The van der Waals surface area contributed by atoms with E-state index < -0.39 is 12.1 Å². The van der Waals surface area contributed by atoms with Gasteiger partial charge in [-0.2, -0.15) is 0 Å². The first kappa shape index (κ1) is 21.7. The minimum atomic E-state index is -0.688. The van der Waals surface area contributed by atoms with E-state index in [9.17, 15) is 14.4 Å². The number of rotatable bonds is 7. The van der Waals surface area contributed by atoms with Crippen LogP contribution in [0.2, 0.25) is 0 Å². The SMILES string of the molecule is CCn1c2ccccc2c2cc(NC(=O)CC[C@@H]3NC(=O)N(Cc4ccccc4)C3=O)ccc21. The van der Waals surface area contributed by atoms with Crippen molar-refractivity contribution in [1.82, 2.24) is 14.8 Å². The second-order valence-corrected chi connectivity index (χ2v) is 8.49. The highest BCUT2D eigenvalue weighted by Gasteiger charge is 2.37. The van der Waals surface area contributed by atoms with Crippen LogP contribution in [-0.4, -0.2) is 33.4 Å². The number of anilines is 1. The predicted molar refractivity (Wildman–Crippen MR) is 132 cm³/mol. The van der Waals surface area contributed by atoms with Gasteiger partial charge in [0.2, 0.25) is 5.91 Å². The molecule has 1 aliphatic rings. The molecule has 4 aromatic rings. The number of aryl methyl sites for hydroxylation is 1. The van der Waals surface area contributed by atoms with E-state index in [1.807, 2.05) is 60.7 Å². The van der Waals surface area contributed by atoms with Crippen molar-refractivity contribution in [2.24, 2.45) is 0 Å². The van der Waals surface area contributed by atoms with Crippen LogP contribution in [0.4, 0.5) is 10.5 Å². The first-order chi connectivity index (χ1) is 16.5. The van der Waals surface area contributed by atoms with Gasteiger partial charge in [-0.1, -0.05) is 48.5 Å². The van der Waals surface area contributed by atoms with Crippen LogP contribution in [0.5, 0.6) is 0 Å². The summed E-state index contributed by atoms with van der Waals surface area (Å²) in [6.07, 6.45) is 0.379. The molecule has 0 radical (unpaired) electrons. The smallest absolute Gasteiger partial charge is 0.325 e. The number of nitrogens with one attached hydrogen (secondary N) is 2. The zero-order chi connectivity index (χ0) is 23.7. The van der Waals surface area contributed by atoms with Gasteiger partial charge in [0.05, 0.1) is 6.54 Å². The fourth-order valence-electron chi connectivity index (χ4n) is 4.66. The minimum Gasteiger partial charge on any atom is -0.341 e. The van der Waals surface area contributed by atoms with E-state index in [-0.39, 0.29) is 31.2 Å². The number of carbonyl (C=O) groups excluding carboxylic acids is 3. The molecule has 1 fully saturated rings. The molecule has 7 nitrogen and oxygen atoms in total. The number of carbonyl (C=O) groups is 3. The Hall–Kier alpha value is -4.13. The summed E-state index contributed by atoms with van der Waals surface area (Å²) in [4.78, 5) is 38.8. The third-order valence-corrected chi connectivity index (χ3v) is 6.32. The van der Waals surface area contributed by atoms with Crippen molar-refractivity contribution in [3.05, 3.63) is 78.4 Å². The second kappa shape index (κ2) is 9.02. The van der Waals surface area contributed by atoms with E-state index in [2.05, 4.69) is 34.3 Å². The Morgan fingerprint density at radius 1 is 0.941 bits per heavy atom. The molecule has 172 valence electrons. The van der Waals surface area contributed by atoms with Gasteiger partial charge in [0.25, 0.3) is 5.91 Å². The molecule has 0 aliphatic carbocycles. The van der Waals surface area contributed by atoms with Crippen LogP contribution in [0.1, 0.15) is 25.3 Å². The molecule has 0 spiro atoms. The van der Waals surface area contributed by atoms with Gasteiger partial charge < -0.3 is 15.2 Å². The molecule has 3 aromatic carbocycles. The highest BCUT2D eigenvalue weighted by molar-refractivity contribution is 6.10. The molecule has 4 amide bonds. The van der Waals surface area contributed by atoms with Crippen LogP contribution in [0.25, 0.3) is 21.8 Å². The molecule has 1 atom stereocenters. The molecule has 7 heteroatoms. The highest BCUT2D eigenvalue weighted by atomic mass is 16.2. The molecule has 0 saturated carbocycles. The maximum Gasteiger partial charge on any atom is 0.325 e. The lowest BCUT2D eigenvalue weighted by Gasteiger charge is -2.13. The van der Waals surface area contributed by atoms with E-state index >= 15 is 0 Å². The van der Waals surface area contributed by atoms with E-state index in [0.717, 1.165) is 28.4 Å². The van der Waals surface area contributed by atoms with Crippen molar-refractivity contribution < 1.29 is 14.4 Å².